The second-order valence-corrected chi connectivity index (χ2v) is 9.13. The number of nitrogens with zero attached hydrogens (tertiary/aromatic N) is 2. The lowest BCUT2D eigenvalue weighted by Gasteiger charge is -2.25. The van der Waals surface area contributed by atoms with Gasteiger partial charge < -0.3 is 14.5 Å². The number of allylic oxidation sites excluding steroid dienone is 1. The van der Waals surface area contributed by atoms with Gasteiger partial charge in [-0.2, -0.15) is 0 Å². The van der Waals surface area contributed by atoms with Gasteiger partial charge >= 0.3 is 0 Å². The fourth-order valence-electron chi connectivity index (χ4n) is 4.09. The second-order valence-electron chi connectivity index (χ2n) is 8.12. The molecule has 4 aromatic rings. The maximum Gasteiger partial charge on any atom is 0.271 e. The first-order chi connectivity index (χ1) is 16.9. The molecule has 1 aliphatic rings. The number of thiazole rings is 1. The molecule has 0 saturated carbocycles. The van der Waals surface area contributed by atoms with Crippen molar-refractivity contribution in [1.82, 2.24) is 4.57 Å². The van der Waals surface area contributed by atoms with E-state index in [1.54, 1.807) is 24.7 Å². The van der Waals surface area contributed by atoms with Crippen molar-refractivity contribution < 1.29 is 13.9 Å². The van der Waals surface area contributed by atoms with E-state index in [4.69, 9.17) is 9.15 Å². The maximum absolute atomic E-state index is 13.6. The molecule has 1 N–H and O–H groups in total. The lowest BCUT2D eigenvalue weighted by atomic mass is 9.95. The van der Waals surface area contributed by atoms with Gasteiger partial charge in [0.2, 0.25) is 0 Å². The standard InChI is InChI=1S/C27H23N3O4S/c1-16-9-12-21(34-16)15-22-26(32)30-24(18-10-13-20(33-3)14-11-18)23(17(2)28-27(30)35-22)25(31)29-19-7-5-4-6-8-19/h4-15,24H,1-3H3,(H,29,31)/b22-15+/t24-/m0/s1. The third kappa shape index (κ3) is 4.36. The van der Waals surface area contributed by atoms with Crippen LogP contribution in [0.2, 0.25) is 0 Å². The molecule has 0 bridgehead atoms. The van der Waals surface area contributed by atoms with Crippen LogP contribution in [0.5, 0.6) is 5.75 Å². The molecule has 0 unspecified atom stereocenters. The van der Waals surface area contributed by atoms with E-state index in [2.05, 4.69) is 10.3 Å². The number of carbonyl (C=O) groups is 1. The van der Waals surface area contributed by atoms with E-state index < -0.39 is 6.04 Å². The highest BCUT2D eigenvalue weighted by Gasteiger charge is 2.32. The number of anilines is 1. The fourth-order valence-corrected chi connectivity index (χ4v) is 5.12. The van der Waals surface area contributed by atoms with Crippen LogP contribution in [0.15, 0.2) is 92.2 Å². The number of hydrogen-bond donors (Lipinski definition) is 1. The van der Waals surface area contributed by atoms with Crippen LogP contribution in [-0.2, 0) is 4.79 Å². The van der Waals surface area contributed by atoms with Crippen LogP contribution in [0.4, 0.5) is 5.69 Å². The minimum Gasteiger partial charge on any atom is -0.497 e. The quantitative estimate of drug-likeness (QED) is 0.466. The molecule has 2 aromatic heterocycles. The first-order valence-electron chi connectivity index (χ1n) is 11.0. The highest BCUT2D eigenvalue weighted by Crippen LogP contribution is 2.31. The monoisotopic (exact) mass is 485 g/mol. The molecule has 5 rings (SSSR count). The minimum atomic E-state index is -0.652. The predicted molar refractivity (Wildman–Crippen MR) is 135 cm³/mol. The number of para-hydroxylation sites is 1. The molecule has 8 heteroatoms. The zero-order valence-electron chi connectivity index (χ0n) is 19.4. The number of rotatable bonds is 5. The molecule has 1 aliphatic heterocycles. The zero-order chi connectivity index (χ0) is 24.5. The number of furan rings is 1. The van der Waals surface area contributed by atoms with Crippen molar-refractivity contribution in [3.8, 4) is 5.75 Å². The number of amides is 1. The first kappa shape index (κ1) is 22.6. The third-order valence-corrected chi connectivity index (χ3v) is 6.75. The van der Waals surface area contributed by atoms with Gasteiger partial charge in [-0.15, -0.1) is 0 Å². The molecule has 7 nitrogen and oxygen atoms in total. The summed E-state index contributed by atoms with van der Waals surface area (Å²) in [6.07, 6.45) is 1.71. The van der Waals surface area contributed by atoms with Crippen molar-refractivity contribution in [3.05, 3.63) is 115 Å². The number of fused-ring (bicyclic) bond motifs is 1. The van der Waals surface area contributed by atoms with E-state index in [9.17, 15) is 9.59 Å². The van der Waals surface area contributed by atoms with Crippen LogP contribution < -0.4 is 24.9 Å². The zero-order valence-corrected chi connectivity index (χ0v) is 20.3. The molecule has 176 valence electrons. The summed E-state index contributed by atoms with van der Waals surface area (Å²) < 4.78 is 13.0. The van der Waals surface area contributed by atoms with Gasteiger partial charge in [0.05, 0.1) is 29.0 Å². The topological polar surface area (TPSA) is 85.8 Å². The average Bonchev–Trinajstić information content (AvgIpc) is 3.41. The van der Waals surface area contributed by atoms with Crippen molar-refractivity contribution in [3.63, 3.8) is 0 Å². The minimum absolute atomic E-state index is 0.235. The van der Waals surface area contributed by atoms with Gasteiger partial charge in [0.25, 0.3) is 11.5 Å². The van der Waals surface area contributed by atoms with Crippen LogP contribution in [0.3, 0.4) is 0 Å². The Labute approximate surface area is 205 Å². The number of benzene rings is 2. The van der Waals surface area contributed by atoms with Crippen LogP contribution in [0.25, 0.3) is 6.08 Å². The Morgan fingerprint density at radius 2 is 1.83 bits per heavy atom. The van der Waals surface area contributed by atoms with Crippen molar-refractivity contribution in [2.45, 2.75) is 19.9 Å². The summed E-state index contributed by atoms with van der Waals surface area (Å²) >= 11 is 1.27. The van der Waals surface area contributed by atoms with E-state index in [1.807, 2.05) is 73.7 Å². The number of hydrogen-bond acceptors (Lipinski definition) is 6. The maximum atomic E-state index is 13.6. The average molecular weight is 486 g/mol. The number of aromatic nitrogens is 1. The van der Waals surface area contributed by atoms with E-state index in [1.165, 1.54) is 11.3 Å². The van der Waals surface area contributed by atoms with Gasteiger partial charge in [-0.3, -0.25) is 14.2 Å². The number of aryl methyl sites for hydroxylation is 1. The lowest BCUT2D eigenvalue weighted by Crippen LogP contribution is -2.40. The Hall–Kier alpha value is -4.17. The summed E-state index contributed by atoms with van der Waals surface area (Å²) in [6.45, 7) is 3.65. The molecule has 3 heterocycles. The predicted octanol–water partition coefficient (Wildman–Crippen LogP) is 3.78. The highest BCUT2D eigenvalue weighted by atomic mass is 32.1. The Kier molecular flexibility index (Phi) is 5.96. The normalized spacial score (nSPS) is 15.5. The van der Waals surface area contributed by atoms with Crippen molar-refractivity contribution >= 4 is 29.0 Å². The number of methoxy groups -OCH3 is 1. The molecule has 0 aliphatic carbocycles. The van der Waals surface area contributed by atoms with Crippen molar-refractivity contribution in [2.24, 2.45) is 4.99 Å². The molecule has 0 radical (unpaired) electrons. The smallest absolute Gasteiger partial charge is 0.271 e. The van der Waals surface area contributed by atoms with E-state index in [-0.39, 0.29) is 11.5 Å². The SMILES string of the molecule is COc1ccc([C@H]2C(C(=O)Nc3ccccc3)=C(C)N=c3s/c(=C/c4ccc(C)o4)c(=O)n32)cc1. The summed E-state index contributed by atoms with van der Waals surface area (Å²) in [5.74, 6) is 1.72. The molecule has 1 amide bonds. The Morgan fingerprint density at radius 1 is 1.09 bits per heavy atom. The van der Waals surface area contributed by atoms with Gasteiger partial charge in [0.15, 0.2) is 4.80 Å². The van der Waals surface area contributed by atoms with Crippen LogP contribution in [-0.4, -0.2) is 17.6 Å². The van der Waals surface area contributed by atoms with E-state index >= 15 is 0 Å². The molecule has 35 heavy (non-hydrogen) atoms. The summed E-state index contributed by atoms with van der Waals surface area (Å²) in [5.41, 5.74) is 2.17. The summed E-state index contributed by atoms with van der Waals surface area (Å²) in [4.78, 5) is 32.3. The molecule has 1 atom stereocenters. The van der Waals surface area contributed by atoms with Gasteiger partial charge in [0.1, 0.15) is 17.3 Å². The van der Waals surface area contributed by atoms with Crippen LogP contribution >= 0.6 is 11.3 Å². The van der Waals surface area contributed by atoms with Crippen molar-refractivity contribution in [2.75, 3.05) is 12.4 Å². The second kappa shape index (κ2) is 9.23. The van der Waals surface area contributed by atoms with E-state index in [0.29, 0.717) is 37.8 Å². The number of nitrogens with one attached hydrogen (secondary N) is 1. The van der Waals surface area contributed by atoms with Crippen LogP contribution in [0, 0.1) is 6.92 Å². The highest BCUT2D eigenvalue weighted by molar-refractivity contribution is 7.07. The summed E-state index contributed by atoms with van der Waals surface area (Å²) in [6, 6.07) is 19.6. The number of ether oxygens (including phenoxy) is 1. The Morgan fingerprint density at radius 3 is 2.49 bits per heavy atom. The first-order valence-corrected chi connectivity index (χ1v) is 11.9. The van der Waals surface area contributed by atoms with Gasteiger partial charge in [-0.05, 0) is 55.8 Å². The fraction of sp³-hybridized carbons (Fsp3) is 0.148. The Bertz CT molecular complexity index is 1610. The van der Waals surface area contributed by atoms with Crippen molar-refractivity contribution in [1.29, 1.82) is 0 Å². The summed E-state index contributed by atoms with van der Waals surface area (Å²) in [5, 5.41) is 2.95. The molecule has 0 fully saturated rings. The third-order valence-electron chi connectivity index (χ3n) is 5.76. The Balaban J connectivity index is 1.67. The van der Waals surface area contributed by atoms with Gasteiger partial charge in [0, 0.05) is 11.8 Å². The lowest BCUT2D eigenvalue weighted by molar-refractivity contribution is -0.113. The van der Waals surface area contributed by atoms with Gasteiger partial charge in [-0.25, -0.2) is 4.99 Å². The molecular weight excluding hydrogens is 462 g/mol. The summed E-state index contributed by atoms with van der Waals surface area (Å²) in [7, 11) is 1.59. The van der Waals surface area contributed by atoms with Crippen LogP contribution in [0.1, 0.15) is 30.0 Å². The van der Waals surface area contributed by atoms with E-state index in [0.717, 1.165) is 11.3 Å². The molecule has 2 aromatic carbocycles. The number of carbonyl (C=O) groups excluding carboxylic acids is 1. The molecule has 0 saturated heterocycles. The largest absolute Gasteiger partial charge is 0.497 e. The molecule has 0 spiro atoms. The molecular formula is C27H23N3O4S. The van der Waals surface area contributed by atoms with Gasteiger partial charge in [-0.1, -0.05) is 41.7 Å².